The van der Waals surface area contributed by atoms with Crippen molar-refractivity contribution in [2.24, 2.45) is 0 Å². The quantitative estimate of drug-likeness (QED) is 0.759. The van der Waals surface area contributed by atoms with Gasteiger partial charge in [-0.3, -0.25) is 14.7 Å². The van der Waals surface area contributed by atoms with Crippen molar-refractivity contribution in [3.05, 3.63) is 48.2 Å². The topological polar surface area (TPSA) is 92.3 Å². The third-order valence-electron chi connectivity index (χ3n) is 3.88. The van der Waals surface area contributed by atoms with Gasteiger partial charge in [-0.1, -0.05) is 6.07 Å². The molecule has 1 aliphatic rings. The fraction of sp³-hybridized carbons (Fsp3) is 0.412. The molecule has 0 aliphatic carbocycles. The van der Waals surface area contributed by atoms with Gasteiger partial charge in [0.15, 0.2) is 0 Å². The van der Waals surface area contributed by atoms with E-state index in [2.05, 4.69) is 30.5 Å². The van der Waals surface area contributed by atoms with Gasteiger partial charge < -0.3 is 15.4 Å². The summed E-state index contributed by atoms with van der Waals surface area (Å²) in [6.07, 6.45) is 4.75. The number of ether oxygens (including phenoxy) is 1. The Morgan fingerprint density at radius 3 is 2.76 bits per heavy atom. The molecule has 132 valence electrons. The van der Waals surface area contributed by atoms with Gasteiger partial charge in [-0.15, -0.1) is 0 Å². The predicted octanol–water partition coefficient (Wildman–Crippen LogP) is 0.546. The minimum absolute atomic E-state index is 0.266. The lowest BCUT2D eigenvalue weighted by molar-refractivity contribution is 0.0398. The first kappa shape index (κ1) is 17.2. The van der Waals surface area contributed by atoms with E-state index in [9.17, 15) is 4.79 Å². The van der Waals surface area contributed by atoms with Gasteiger partial charge in [0.2, 0.25) is 0 Å². The molecule has 1 amide bonds. The number of morpholine rings is 1. The van der Waals surface area contributed by atoms with Gasteiger partial charge in [0.25, 0.3) is 5.91 Å². The molecular weight excluding hydrogens is 320 g/mol. The Balaban J connectivity index is 1.42. The molecule has 0 unspecified atom stereocenters. The Kier molecular flexibility index (Phi) is 6.24. The second kappa shape index (κ2) is 9.05. The first-order chi connectivity index (χ1) is 12.3. The van der Waals surface area contributed by atoms with Gasteiger partial charge in [-0.25, -0.2) is 9.97 Å². The van der Waals surface area contributed by atoms with Crippen molar-refractivity contribution in [1.82, 2.24) is 25.2 Å². The zero-order valence-electron chi connectivity index (χ0n) is 14.0. The number of pyridine rings is 1. The summed E-state index contributed by atoms with van der Waals surface area (Å²) in [5, 5.41) is 6.00. The molecule has 2 aromatic heterocycles. The van der Waals surface area contributed by atoms with Crippen molar-refractivity contribution in [3.8, 4) is 0 Å². The highest BCUT2D eigenvalue weighted by Crippen LogP contribution is 2.02. The number of rotatable bonds is 7. The van der Waals surface area contributed by atoms with Crippen LogP contribution in [0.5, 0.6) is 0 Å². The highest BCUT2D eigenvalue weighted by molar-refractivity contribution is 5.91. The van der Waals surface area contributed by atoms with Crippen LogP contribution in [0, 0.1) is 0 Å². The summed E-state index contributed by atoms with van der Waals surface area (Å²) in [5.74, 6) is 0.396. The minimum atomic E-state index is -0.266. The average molecular weight is 342 g/mol. The Hall–Kier alpha value is -2.58. The fourth-order valence-electron chi connectivity index (χ4n) is 2.47. The van der Waals surface area contributed by atoms with Crippen LogP contribution >= 0.6 is 0 Å². The fourth-order valence-corrected chi connectivity index (χ4v) is 2.47. The molecule has 3 rings (SSSR count). The number of hydrogen-bond donors (Lipinski definition) is 2. The number of amides is 1. The summed E-state index contributed by atoms with van der Waals surface area (Å²) in [5.41, 5.74) is 1.08. The molecule has 0 saturated carbocycles. The Bertz CT molecular complexity index is 659. The van der Waals surface area contributed by atoms with E-state index in [4.69, 9.17) is 4.74 Å². The van der Waals surface area contributed by atoms with Crippen LogP contribution in [0.2, 0.25) is 0 Å². The molecular formula is C17H22N6O2. The van der Waals surface area contributed by atoms with Gasteiger partial charge in [-0.2, -0.15) is 0 Å². The predicted molar refractivity (Wildman–Crippen MR) is 93.2 cm³/mol. The lowest BCUT2D eigenvalue weighted by atomic mass is 10.3. The van der Waals surface area contributed by atoms with E-state index in [0.717, 1.165) is 45.1 Å². The molecule has 0 spiro atoms. The molecule has 8 heteroatoms. The van der Waals surface area contributed by atoms with Gasteiger partial charge in [0, 0.05) is 32.4 Å². The minimum Gasteiger partial charge on any atom is -0.379 e. The maximum Gasteiger partial charge on any atom is 0.271 e. The molecule has 25 heavy (non-hydrogen) atoms. The van der Waals surface area contributed by atoms with Crippen molar-refractivity contribution in [3.63, 3.8) is 0 Å². The smallest absolute Gasteiger partial charge is 0.271 e. The zero-order chi connectivity index (χ0) is 17.3. The van der Waals surface area contributed by atoms with E-state index in [1.165, 1.54) is 6.20 Å². The summed E-state index contributed by atoms with van der Waals surface area (Å²) >= 11 is 0. The second-order valence-electron chi connectivity index (χ2n) is 5.67. The number of anilines is 1. The van der Waals surface area contributed by atoms with Gasteiger partial charge in [0.1, 0.15) is 11.5 Å². The Morgan fingerprint density at radius 1 is 1.16 bits per heavy atom. The molecule has 3 heterocycles. The number of aromatic nitrogens is 3. The second-order valence-corrected chi connectivity index (χ2v) is 5.67. The maximum absolute atomic E-state index is 12.1. The standard InChI is InChI=1S/C17H22N6O2/c24-17(22-11-14-3-1-2-4-18-14)15-12-21-16(13-20-15)19-5-6-23-7-9-25-10-8-23/h1-4,12-13H,5-11H2,(H,19,21)(H,22,24). The lowest BCUT2D eigenvalue weighted by Gasteiger charge is -2.26. The SMILES string of the molecule is O=C(NCc1ccccn1)c1cnc(NCCN2CCOCC2)cn1. The lowest BCUT2D eigenvalue weighted by Crippen LogP contribution is -2.39. The summed E-state index contributed by atoms with van der Waals surface area (Å²) in [6.45, 7) is 5.58. The van der Waals surface area contributed by atoms with Crippen LogP contribution in [-0.2, 0) is 11.3 Å². The first-order valence-corrected chi connectivity index (χ1v) is 8.35. The van der Waals surface area contributed by atoms with Crippen LogP contribution in [0.1, 0.15) is 16.2 Å². The largest absolute Gasteiger partial charge is 0.379 e. The summed E-state index contributed by atoms with van der Waals surface area (Å²) in [4.78, 5) is 27.0. The molecule has 8 nitrogen and oxygen atoms in total. The van der Waals surface area contributed by atoms with E-state index in [-0.39, 0.29) is 11.6 Å². The number of nitrogens with one attached hydrogen (secondary N) is 2. The highest BCUT2D eigenvalue weighted by atomic mass is 16.5. The van der Waals surface area contributed by atoms with Crippen molar-refractivity contribution in [1.29, 1.82) is 0 Å². The van der Waals surface area contributed by atoms with Gasteiger partial charge in [-0.05, 0) is 12.1 Å². The van der Waals surface area contributed by atoms with Gasteiger partial charge >= 0.3 is 0 Å². The van der Waals surface area contributed by atoms with E-state index in [1.807, 2.05) is 18.2 Å². The van der Waals surface area contributed by atoms with Crippen LogP contribution in [-0.4, -0.2) is 65.2 Å². The number of carbonyl (C=O) groups is 1. The van der Waals surface area contributed by atoms with Crippen molar-refractivity contribution in [2.45, 2.75) is 6.54 Å². The normalized spacial score (nSPS) is 14.9. The average Bonchev–Trinajstić information content (AvgIpc) is 2.68. The highest BCUT2D eigenvalue weighted by Gasteiger charge is 2.10. The van der Waals surface area contributed by atoms with Crippen LogP contribution in [0.4, 0.5) is 5.82 Å². The van der Waals surface area contributed by atoms with E-state index < -0.39 is 0 Å². The summed E-state index contributed by atoms with van der Waals surface area (Å²) in [7, 11) is 0. The molecule has 1 saturated heterocycles. The number of nitrogens with zero attached hydrogens (tertiary/aromatic N) is 4. The monoisotopic (exact) mass is 342 g/mol. The van der Waals surface area contributed by atoms with Crippen LogP contribution < -0.4 is 10.6 Å². The third kappa shape index (κ3) is 5.47. The Morgan fingerprint density at radius 2 is 2.04 bits per heavy atom. The number of hydrogen-bond acceptors (Lipinski definition) is 7. The molecule has 0 bridgehead atoms. The van der Waals surface area contributed by atoms with Crippen molar-refractivity contribution in [2.75, 3.05) is 44.7 Å². The van der Waals surface area contributed by atoms with E-state index in [0.29, 0.717) is 12.4 Å². The summed E-state index contributed by atoms with van der Waals surface area (Å²) < 4.78 is 5.32. The van der Waals surface area contributed by atoms with Gasteiger partial charge in [0.05, 0.1) is 37.8 Å². The maximum atomic E-state index is 12.1. The Labute approximate surface area is 146 Å². The van der Waals surface area contributed by atoms with Crippen LogP contribution in [0.15, 0.2) is 36.8 Å². The summed E-state index contributed by atoms with van der Waals surface area (Å²) in [6, 6.07) is 5.57. The van der Waals surface area contributed by atoms with Crippen LogP contribution in [0.25, 0.3) is 0 Å². The molecule has 0 radical (unpaired) electrons. The number of carbonyl (C=O) groups excluding carboxylic acids is 1. The molecule has 0 aromatic carbocycles. The first-order valence-electron chi connectivity index (χ1n) is 8.35. The van der Waals surface area contributed by atoms with E-state index in [1.54, 1.807) is 12.4 Å². The molecule has 2 aromatic rings. The van der Waals surface area contributed by atoms with Crippen LogP contribution in [0.3, 0.4) is 0 Å². The molecule has 0 atom stereocenters. The van der Waals surface area contributed by atoms with Crippen molar-refractivity contribution < 1.29 is 9.53 Å². The molecule has 2 N–H and O–H groups in total. The van der Waals surface area contributed by atoms with Crippen molar-refractivity contribution >= 4 is 11.7 Å². The third-order valence-corrected chi connectivity index (χ3v) is 3.88. The van der Waals surface area contributed by atoms with E-state index >= 15 is 0 Å². The molecule has 1 fully saturated rings. The zero-order valence-corrected chi connectivity index (χ0v) is 14.0. The molecule has 1 aliphatic heterocycles.